The molecule has 0 saturated carbocycles. The summed E-state index contributed by atoms with van der Waals surface area (Å²) < 4.78 is 0. The van der Waals surface area contributed by atoms with E-state index in [1.165, 1.54) is 6.07 Å². The second-order valence-electron chi connectivity index (χ2n) is 4.86. The first-order chi connectivity index (χ1) is 10.1. The molecule has 21 heavy (non-hydrogen) atoms. The standard InChI is InChI=1S/C15H14N4O2/c1-10(11-4-2-6-13(8-11)19(20)21)17-14-7-3-5-12-9-16-18-15(12)14/h2-10,17H,1H3,(H,16,18). The second kappa shape index (κ2) is 5.24. The molecule has 0 aliphatic heterocycles. The zero-order chi connectivity index (χ0) is 14.8. The lowest BCUT2D eigenvalue weighted by atomic mass is 10.1. The van der Waals surface area contributed by atoms with Gasteiger partial charge < -0.3 is 5.32 Å². The Bertz CT molecular complexity index is 797. The molecule has 6 nitrogen and oxygen atoms in total. The van der Waals surface area contributed by atoms with Crippen molar-refractivity contribution in [3.8, 4) is 0 Å². The monoisotopic (exact) mass is 282 g/mol. The van der Waals surface area contributed by atoms with E-state index >= 15 is 0 Å². The molecule has 1 atom stereocenters. The van der Waals surface area contributed by atoms with Gasteiger partial charge in [-0.3, -0.25) is 15.2 Å². The van der Waals surface area contributed by atoms with Crippen molar-refractivity contribution in [3.63, 3.8) is 0 Å². The molecule has 2 aromatic carbocycles. The highest BCUT2D eigenvalue weighted by molar-refractivity contribution is 5.90. The van der Waals surface area contributed by atoms with Gasteiger partial charge in [0.1, 0.15) is 0 Å². The van der Waals surface area contributed by atoms with Crippen LogP contribution < -0.4 is 5.32 Å². The van der Waals surface area contributed by atoms with Crippen molar-refractivity contribution in [2.45, 2.75) is 13.0 Å². The fourth-order valence-electron chi connectivity index (χ4n) is 2.31. The number of benzene rings is 2. The van der Waals surface area contributed by atoms with Crippen LogP contribution in [0.1, 0.15) is 18.5 Å². The minimum absolute atomic E-state index is 0.0567. The number of anilines is 1. The number of aromatic amines is 1. The highest BCUT2D eigenvalue weighted by atomic mass is 16.6. The molecule has 0 aliphatic carbocycles. The van der Waals surface area contributed by atoms with Crippen LogP contribution in [-0.4, -0.2) is 15.1 Å². The van der Waals surface area contributed by atoms with Crippen LogP contribution in [-0.2, 0) is 0 Å². The summed E-state index contributed by atoms with van der Waals surface area (Å²) in [5, 5.41) is 22.2. The van der Waals surface area contributed by atoms with Gasteiger partial charge in [0.15, 0.2) is 0 Å². The number of fused-ring (bicyclic) bond motifs is 1. The summed E-state index contributed by atoms with van der Waals surface area (Å²) >= 11 is 0. The van der Waals surface area contributed by atoms with Crippen LogP contribution in [0, 0.1) is 10.1 Å². The van der Waals surface area contributed by atoms with Crippen LogP contribution in [0.5, 0.6) is 0 Å². The molecule has 1 heterocycles. The molecule has 6 heteroatoms. The maximum absolute atomic E-state index is 10.8. The van der Waals surface area contributed by atoms with Gasteiger partial charge in [-0.1, -0.05) is 24.3 Å². The molecule has 3 aromatic rings. The van der Waals surface area contributed by atoms with Gasteiger partial charge in [-0.25, -0.2) is 0 Å². The Morgan fingerprint density at radius 2 is 2.10 bits per heavy atom. The van der Waals surface area contributed by atoms with Crippen LogP contribution in [0.3, 0.4) is 0 Å². The largest absolute Gasteiger partial charge is 0.377 e. The van der Waals surface area contributed by atoms with Crippen molar-refractivity contribution < 1.29 is 4.92 Å². The quantitative estimate of drug-likeness (QED) is 0.565. The average Bonchev–Trinajstić information content (AvgIpc) is 2.97. The van der Waals surface area contributed by atoms with E-state index in [1.54, 1.807) is 18.3 Å². The van der Waals surface area contributed by atoms with Crippen molar-refractivity contribution in [1.29, 1.82) is 0 Å². The lowest BCUT2D eigenvalue weighted by molar-refractivity contribution is -0.384. The first-order valence-electron chi connectivity index (χ1n) is 6.58. The molecular weight excluding hydrogens is 268 g/mol. The lowest BCUT2D eigenvalue weighted by Crippen LogP contribution is -2.07. The third-order valence-electron chi connectivity index (χ3n) is 3.43. The topological polar surface area (TPSA) is 83.8 Å². The van der Waals surface area contributed by atoms with E-state index in [0.717, 1.165) is 22.2 Å². The molecule has 0 spiro atoms. The van der Waals surface area contributed by atoms with Gasteiger partial charge in [0, 0.05) is 23.6 Å². The minimum atomic E-state index is -0.383. The number of nitrogens with one attached hydrogen (secondary N) is 2. The number of para-hydroxylation sites is 1. The maximum Gasteiger partial charge on any atom is 0.269 e. The molecular formula is C15H14N4O2. The number of hydrogen-bond donors (Lipinski definition) is 2. The number of rotatable bonds is 4. The van der Waals surface area contributed by atoms with Crippen molar-refractivity contribution in [3.05, 3.63) is 64.3 Å². The Morgan fingerprint density at radius 1 is 1.29 bits per heavy atom. The van der Waals surface area contributed by atoms with Gasteiger partial charge >= 0.3 is 0 Å². The molecule has 1 aromatic heterocycles. The number of H-pyrrole nitrogens is 1. The van der Waals surface area contributed by atoms with E-state index in [2.05, 4.69) is 15.5 Å². The summed E-state index contributed by atoms with van der Waals surface area (Å²) in [5.74, 6) is 0. The first kappa shape index (κ1) is 13.1. The van der Waals surface area contributed by atoms with Crippen LogP contribution in [0.4, 0.5) is 11.4 Å². The molecule has 0 fully saturated rings. The van der Waals surface area contributed by atoms with Gasteiger partial charge in [-0.15, -0.1) is 0 Å². The summed E-state index contributed by atoms with van der Waals surface area (Å²) in [6, 6.07) is 12.5. The van der Waals surface area contributed by atoms with Crippen molar-refractivity contribution in [2.24, 2.45) is 0 Å². The lowest BCUT2D eigenvalue weighted by Gasteiger charge is -2.16. The number of non-ortho nitro benzene ring substituents is 1. The van der Waals surface area contributed by atoms with Gasteiger partial charge in [-0.2, -0.15) is 5.10 Å². The summed E-state index contributed by atoms with van der Waals surface area (Å²) in [6.45, 7) is 1.97. The van der Waals surface area contributed by atoms with Crippen LogP contribution in [0.2, 0.25) is 0 Å². The summed E-state index contributed by atoms with van der Waals surface area (Å²) in [7, 11) is 0. The predicted molar refractivity (Wildman–Crippen MR) is 81.2 cm³/mol. The number of nitro benzene ring substituents is 1. The fourth-order valence-corrected chi connectivity index (χ4v) is 2.31. The minimum Gasteiger partial charge on any atom is -0.377 e. The fraction of sp³-hybridized carbons (Fsp3) is 0.133. The Hall–Kier alpha value is -2.89. The van der Waals surface area contributed by atoms with Gasteiger partial charge in [-0.05, 0) is 18.6 Å². The second-order valence-corrected chi connectivity index (χ2v) is 4.86. The van der Waals surface area contributed by atoms with Crippen molar-refractivity contribution >= 4 is 22.3 Å². The molecule has 0 saturated heterocycles. The average molecular weight is 282 g/mol. The van der Waals surface area contributed by atoms with Crippen LogP contribution in [0.15, 0.2) is 48.7 Å². The van der Waals surface area contributed by atoms with Gasteiger partial charge in [0.05, 0.1) is 22.3 Å². The van der Waals surface area contributed by atoms with E-state index in [-0.39, 0.29) is 16.7 Å². The molecule has 0 amide bonds. The summed E-state index contributed by atoms with van der Waals surface area (Å²) in [6.07, 6.45) is 1.76. The van der Waals surface area contributed by atoms with E-state index in [4.69, 9.17) is 0 Å². The normalized spacial score (nSPS) is 12.2. The molecule has 2 N–H and O–H groups in total. The SMILES string of the molecule is CC(Nc1cccc2cn[nH]c12)c1cccc([N+](=O)[O-])c1. The molecule has 0 radical (unpaired) electrons. The Balaban J connectivity index is 1.89. The first-order valence-corrected chi connectivity index (χ1v) is 6.58. The molecule has 3 rings (SSSR count). The number of hydrogen-bond acceptors (Lipinski definition) is 4. The van der Waals surface area contributed by atoms with E-state index in [0.29, 0.717) is 0 Å². The molecule has 106 valence electrons. The summed E-state index contributed by atoms with van der Waals surface area (Å²) in [4.78, 5) is 10.5. The van der Waals surface area contributed by atoms with Crippen molar-refractivity contribution in [2.75, 3.05) is 5.32 Å². The zero-order valence-corrected chi connectivity index (χ0v) is 11.4. The highest BCUT2D eigenvalue weighted by Gasteiger charge is 2.12. The van der Waals surface area contributed by atoms with Crippen LogP contribution in [0.25, 0.3) is 10.9 Å². The van der Waals surface area contributed by atoms with Crippen molar-refractivity contribution in [1.82, 2.24) is 10.2 Å². The number of aromatic nitrogens is 2. The third kappa shape index (κ3) is 2.55. The molecule has 1 unspecified atom stereocenters. The van der Waals surface area contributed by atoms with E-state index < -0.39 is 0 Å². The maximum atomic E-state index is 10.8. The Labute approximate surface area is 121 Å². The third-order valence-corrected chi connectivity index (χ3v) is 3.43. The number of nitrogens with zero attached hydrogens (tertiary/aromatic N) is 2. The van der Waals surface area contributed by atoms with E-state index in [1.807, 2.05) is 31.2 Å². The molecule has 0 bridgehead atoms. The zero-order valence-electron chi connectivity index (χ0n) is 11.4. The van der Waals surface area contributed by atoms with Gasteiger partial charge in [0.2, 0.25) is 0 Å². The Kier molecular flexibility index (Phi) is 3.27. The predicted octanol–water partition coefficient (Wildman–Crippen LogP) is 3.64. The number of nitro groups is 1. The van der Waals surface area contributed by atoms with Gasteiger partial charge in [0.25, 0.3) is 5.69 Å². The smallest absolute Gasteiger partial charge is 0.269 e. The van der Waals surface area contributed by atoms with Crippen LogP contribution >= 0.6 is 0 Å². The highest BCUT2D eigenvalue weighted by Crippen LogP contribution is 2.26. The Morgan fingerprint density at radius 3 is 2.90 bits per heavy atom. The van der Waals surface area contributed by atoms with E-state index in [9.17, 15) is 10.1 Å². The molecule has 0 aliphatic rings. The summed E-state index contributed by atoms with van der Waals surface area (Å²) in [5.41, 5.74) is 2.81.